The number of aromatic nitrogens is 6. The van der Waals surface area contributed by atoms with E-state index in [1.54, 1.807) is 23.7 Å². The van der Waals surface area contributed by atoms with Gasteiger partial charge in [0.1, 0.15) is 11.4 Å². The van der Waals surface area contributed by atoms with Gasteiger partial charge in [0.15, 0.2) is 10.8 Å². The largest absolute Gasteiger partial charge is 0.478 e. The highest BCUT2D eigenvalue weighted by Crippen LogP contribution is 2.58. The summed E-state index contributed by atoms with van der Waals surface area (Å²) >= 11 is 1.58. The van der Waals surface area contributed by atoms with Crippen LogP contribution in [0.25, 0.3) is 38.2 Å². The second-order valence-corrected chi connectivity index (χ2v) is 14.9. The molecule has 0 saturated heterocycles. The summed E-state index contributed by atoms with van der Waals surface area (Å²) < 4.78 is 5.11. The predicted octanol–water partition coefficient (Wildman–Crippen LogP) is 8.23. The third-order valence-corrected chi connectivity index (χ3v) is 11.8. The number of pyridine rings is 2. The maximum Gasteiger partial charge on any atom is 0.340 e. The highest BCUT2D eigenvalue weighted by Gasteiger charge is 2.48. The van der Waals surface area contributed by atoms with Gasteiger partial charge in [0.25, 0.3) is 0 Å². The maximum atomic E-state index is 12.8. The fourth-order valence-corrected chi connectivity index (χ4v) is 9.98. The Morgan fingerprint density at radius 3 is 2.54 bits per heavy atom. The van der Waals surface area contributed by atoms with Crippen molar-refractivity contribution in [3.63, 3.8) is 0 Å². The number of nitrogens with one attached hydrogen (secondary N) is 1. The summed E-state index contributed by atoms with van der Waals surface area (Å²) in [5.74, 6) is 2.27. The van der Waals surface area contributed by atoms with Crippen LogP contribution in [0.2, 0.25) is 0 Å². The van der Waals surface area contributed by atoms with Crippen LogP contribution in [-0.2, 0) is 6.54 Å². The number of carbonyl (C=O) groups is 1. The summed E-state index contributed by atoms with van der Waals surface area (Å²) in [6.07, 6.45) is 16.8. The molecule has 0 spiro atoms. The lowest BCUT2D eigenvalue weighted by Crippen LogP contribution is -2.40. The molecule has 2 unspecified atom stereocenters. The van der Waals surface area contributed by atoms with Crippen molar-refractivity contribution in [3.8, 4) is 22.4 Å². The lowest BCUT2D eigenvalue weighted by molar-refractivity contribution is 0.0169. The highest BCUT2D eigenvalue weighted by atomic mass is 32.1. The van der Waals surface area contributed by atoms with Crippen molar-refractivity contribution in [2.24, 2.45) is 23.2 Å². The quantitative estimate of drug-likeness (QED) is 0.183. The number of carboxylic acid groups (broad SMARTS) is 1. The van der Waals surface area contributed by atoms with Gasteiger partial charge in [-0.2, -0.15) is 5.10 Å². The van der Waals surface area contributed by atoms with Gasteiger partial charge in [-0.1, -0.05) is 36.3 Å². The monoisotopic (exact) mass is 629 g/mol. The minimum atomic E-state index is -1.00. The van der Waals surface area contributed by atoms with E-state index >= 15 is 0 Å². The number of fused-ring (bicyclic) bond motifs is 3. The Kier molecular flexibility index (Phi) is 6.32. The molecule has 5 aromatic heterocycles. The molecule has 0 radical (unpaired) electrons. The molecule has 4 saturated carbocycles. The van der Waals surface area contributed by atoms with E-state index in [0.29, 0.717) is 22.4 Å². The van der Waals surface area contributed by atoms with Gasteiger partial charge in [0.05, 0.1) is 28.3 Å². The smallest absolute Gasteiger partial charge is 0.340 e. The average Bonchev–Trinajstić information content (AvgIpc) is 3.71. The number of carboxylic acids is 1. The zero-order valence-corrected chi connectivity index (χ0v) is 26.5. The topological polar surface area (TPSA) is 110 Å². The van der Waals surface area contributed by atoms with Crippen LogP contribution in [0.3, 0.4) is 0 Å². The number of nitrogens with zero attached hydrogens (tertiary/aromatic N) is 6. The Hall–Kier alpha value is -4.57. The Morgan fingerprint density at radius 1 is 0.978 bits per heavy atom. The van der Waals surface area contributed by atoms with Crippen LogP contribution in [0, 0.1) is 30.1 Å². The summed E-state index contributed by atoms with van der Waals surface area (Å²) in [5, 5.41) is 19.4. The van der Waals surface area contributed by atoms with Gasteiger partial charge in [0.2, 0.25) is 0 Å². The molecule has 10 rings (SSSR count). The molecule has 2 atom stereocenters. The lowest BCUT2D eigenvalue weighted by Gasteiger charge is -2.48. The fraction of sp³-hybridized carbons (Fsp3) is 0.361. The van der Waals surface area contributed by atoms with E-state index in [9.17, 15) is 9.90 Å². The molecule has 6 aromatic rings. The van der Waals surface area contributed by atoms with Crippen LogP contribution in [0.15, 0.2) is 67.3 Å². The zero-order chi connectivity index (χ0) is 31.0. The zero-order valence-electron chi connectivity index (χ0n) is 25.7. The third kappa shape index (κ3) is 4.61. The van der Waals surface area contributed by atoms with Gasteiger partial charge in [-0.05, 0) is 92.5 Å². The second kappa shape index (κ2) is 10.5. The maximum absolute atomic E-state index is 12.8. The number of hydrogen-bond donors (Lipinski definition) is 2. The summed E-state index contributed by atoms with van der Waals surface area (Å²) in [6.45, 7) is 3.01. The van der Waals surface area contributed by atoms with Gasteiger partial charge in [-0.15, -0.1) is 0 Å². The van der Waals surface area contributed by atoms with Gasteiger partial charge in [-0.25, -0.2) is 19.7 Å². The Morgan fingerprint density at radius 2 is 1.78 bits per heavy atom. The van der Waals surface area contributed by atoms with E-state index in [-0.39, 0.29) is 5.56 Å². The van der Waals surface area contributed by atoms with Gasteiger partial charge < -0.3 is 10.4 Å². The average molecular weight is 630 g/mol. The van der Waals surface area contributed by atoms with E-state index in [1.807, 2.05) is 59.3 Å². The lowest BCUT2D eigenvalue weighted by atomic mass is 9.58. The van der Waals surface area contributed by atoms with Crippen molar-refractivity contribution >= 4 is 44.1 Å². The number of imidazole rings is 1. The SMILES string of the molecule is Cc1c(-c2ccn3c(-c4ccc(Nc5nc6ccccc6s5)nc4)cnc3c2C(=O)O)cnn1CC12CC3CCC(CC(C3)C1)C2. The number of thiazole rings is 1. The molecule has 4 fully saturated rings. The molecular formula is C36H35N7O2S. The third-order valence-electron chi connectivity index (χ3n) is 10.8. The number of para-hydroxylation sites is 1. The minimum Gasteiger partial charge on any atom is -0.478 e. The van der Waals surface area contributed by atoms with Crippen molar-refractivity contribution in [1.29, 1.82) is 0 Å². The van der Waals surface area contributed by atoms with Crippen LogP contribution in [0.4, 0.5) is 10.9 Å². The molecule has 4 bridgehead atoms. The van der Waals surface area contributed by atoms with E-state index in [4.69, 9.17) is 5.10 Å². The first kappa shape index (κ1) is 27.7. The van der Waals surface area contributed by atoms with E-state index in [0.717, 1.165) is 62.2 Å². The van der Waals surface area contributed by atoms with Gasteiger partial charge in [-0.3, -0.25) is 9.08 Å². The molecule has 5 heterocycles. The van der Waals surface area contributed by atoms with Crippen molar-refractivity contribution in [2.75, 3.05) is 5.32 Å². The first-order chi connectivity index (χ1) is 22.4. The Bertz CT molecular complexity index is 2080. The molecule has 2 N–H and O–H groups in total. The summed E-state index contributed by atoms with van der Waals surface area (Å²) in [5.41, 5.74) is 6.00. The van der Waals surface area contributed by atoms with Crippen LogP contribution in [0.5, 0.6) is 0 Å². The normalized spacial score (nSPS) is 23.7. The molecule has 0 amide bonds. The number of anilines is 2. The number of rotatable bonds is 7. The van der Waals surface area contributed by atoms with Crippen molar-refractivity contribution < 1.29 is 9.90 Å². The highest BCUT2D eigenvalue weighted by molar-refractivity contribution is 7.22. The number of aromatic carboxylic acids is 1. The Balaban J connectivity index is 1.01. The molecule has 1 aromatic carbocycles. The van der Waals surface area contributed by atoms with Crippen molar-refractivity contribution in [1.82, 2.24) is 29.1 Å². The summed E-state index contributed by atoms with van der Waals surface area (Å²) in [6, 6.07) is 13.8. The van der Waals surface area contributed by atoms with E-state index < -0.39 is 5.97 Å². The first-order valence-corrected chi connectivity index (χ1v) is 17.1. The van der Waals surface area contributed by atoms with Gasteiger partial charge in [0, 0.05) is 41.3 Å². The molecule has 0 aliphatic heterocycles. The number of benzene rings is 1. The molecule has 4 aliphatic rings. The predicted molar refractivity (Wildman–Crippen MR) is 179 cm³/mol. The molecule has 46 heavy (non-hydrogen) atoms. The van der Waals surface area contributed by atoms with E-state index in [2.05, 4.69) is 31.9 Å². The minimum absolute atomic E-state index is 0.185. The van der Waals surface area contributed by atoms with Crippen LogP contribution in [-0.4, -0.2) is 40.2 Å². The summed E-state index contributed by atoms with van der Waals surface area (Å²) in [4.78, 5) is 26.6. The molecule has 4 aliphatic carbocycles. The van der Waals surface area contributed by atoms with Crippen LogP contribution < -0.4 is 5.32 Å². The molecule has 232 valence electrons. The van der Waals surface area contributed by atoms with Crippen LogP contribution in [0.1, 0.15) is 61.0 Å². The van der Waals surface area contributed by atoms with E-state index in [1.165, 1.54) is 44.9 Å². The second-order valence-electron chi connectivity index (χ2n) is 13.9. The number of hydrogen-bond acceptors (Lipinski definition) is 7. The van der Waals surface area contributed by atoms with Crippen LogP contribution >= 0.6 is 11.3 Å². The Labute approximate surface area is 270 Å². The van der Waals surface area contributed by atoms with Crippen molar-refractivity contribution in [2.45, 2.75) is 58.4 Å². The summed E-state index contributed by atoms with van der Waals surface area (Å²) in [7, 11) is 0. The molecular weight excluding hydrogens is 595 g/mol. The first-order valence-electron chi connectivity index (χ1n) is 16.3. The standard InChI is InChI=1S/C36H35N7O2S/c1-21-27(18-39-43(21)20-36-14-22-6-7-23(15-36)13-24(12-22)16-36)26-10-11-42-29(19-38-33(42)32(26)34(44)45)25-8-9-31(37-17-25)41-35-40-28-4-2-3-5-30(28)46-35/h2-5,8-11,17-19,22-24H,6-7,12-16,20H2,1H3,(H,44,45)(H,37,40,41). The molecule has 9 nitrogen and oxygen atoms in total. The molecule has 10 heteroatoms. The van der Waals surface area contributed by atoms with Crippen molar-refractivity contribution in [3.05, 3.63) is 78.5 Å². The fourth-order valence-electron chi connectivity index (χ4n) is 9.11. The van der Waals surface area contributed by atoms with Gasteiger partial charge >= 0.3 is 5.97 Å².